The van der Waals surface area contributed by atoms with Crippen molar-refractivity contribution in [3.05, 3.63) is 29.8 Å². The summed E-state index contributed by atoms with van der Waals surface area (Å²) in [7, 11) is 0. The lowest BCUT2D eigenvalue weighted by Gasteiger charge is -2.18. The molecule has 0 bridgehead atoms. The van der Waals surface area contributed by atoms with Gasteiger partial charge in [0, 0.05) is 18.7 Å². The predicted octanol–water partition coefficient (Wildman–Crippen LogP) is 2.77. The van der Waals surface area contributed by atoms with E-state index in [2.05, 4.69) is 49.0 Å². The van der Waals surface area contributed by atoms with Crippen molar-refractivity contribution < 1.29 is 4.74 Å². The minimum Gasteiger partial charge on any atom is -0.492 e. The Balaban J connectivity index is 2.45. The van der Waals surface area contributed by atoms with E-state index in [4.69, 9.17) is 11.2 Å². The first-order chi connectivity index (χ1) is 10.2. The molecule has 0 fully saturated rings. The third kappa shape index (κ3) is 7.17. The van der Waals surface area contributed by atoms with Crippen molar-refractivity contribution in [2.75, 3.05) is 32.8 Å². The van der Waals surface area contributed by atoms with Gasteiger partial charge in [-0.2, -0.15) is 0 Å². The highest BCUT2D eigenvalue weighted by atomic mass is 16.5. The quantitative estimate of drug-likeness (QED) is 0.670. The van der Waals surface area contributed by atoms with Crippen LogP contribution in [0.4, 0.5) is 0 Å². The van der Waals surface area contributed by atoms with Gasteiger partial charge in [-0.15, -0.1) is 6.42 Å². The number of ether oxygens (including phenoxy) is 1. The van der Waals surface area contributed by atoms with Gasteiger partial charge in [-0.05, 0) is 25.1 Å². The largest absolute Gasteiger partial charge is 0.492 e. The van der Waals surface area contributed by atoms with Gasteiger partial charge >= 0.3 is 0 Å². The predicted molar refractivity (Wildman–Crippen MR) is 89.4 cm³/mol. The van der Waals surface area contributed by atoms with Gasteiger partial charge in [0.15, 0.2) is 0 Å². The number of nitrogens with one attached hydrogen (secondary N) is 1. The summed E-state index contributed by atoms with van der Waals surface area (Å²) < 4.78 is 5.92. The van der Waals surface area contributed by atoms with Crippen molar-refractivity contribution in [3.8, 4) is 18.1 Å². The average Bonchev–Trinajstić information content (AvgIpc) is 2.47. The van der Waals surface area contributed by atoms with Crippen molar-refractivity contribution in [1.82, 2.24) is 10.2 Å². The van der Waals surface area contributed by atoms with Gasteiger partial charge in [0.25, 0.3) is 0 Å². The third-order valence-corrected chi connectivity index (χ3v) is 3.27. The summed E-state index contributed by atoms with van der Waals surface area (Å²) in [6.45, 7) is 11.5. The van der Waals surface area contributed by atoms with Crippen LogP contribution in [-0.4, -0.2) is 37.7 Å². The van der Waals surface area contributed by atoms with E-state index < -0.39 is 0 Å². The van der Waals surface area contributed by atoms with Crippen LogP contribution >= 0.6 is 0 Å². The SMILES string of the molecule is C#CCN(CC)CCOc1ccccc1CNCC(C)C. The Labute approximate surface area is 129 Å². The highest BCUT2D eigenvalue weighted by Crippen LogP contribution is 2.17. The molecule has 0 spiro atoms. The molecule has 0 saturated carbocycles. The number of terminal acetylenes is 1. The fraction of sp³-hybridized carbons (Fsp3) is 0.556. The highest BCUT2D eigenvalue weighted by molar-refractivity contribution is 5.33. The monoisotopic (exact) mass is 288 g/mol. The smallest absolute Gasteiger partial charge is 0.123 e. The standard InChI is InChI=1S/C18H28N2O/c1-5-11-20(6-2)12-13-21-18-10-8-7-9-17(18)15-19-14-16(3)4/h1,7-10,16,19H,6,11-15H2,2-4H3. The van der Waals surface area contributed by atoms with Gasteiger partial charge in [-0.3, -0.25) is 4.90 Å². The zero-order chi connectivity index (χ0) is 15.5. The minimum atomic E-state index is 0.653. The van der Waals surface area contributed by atoms with Gasteiger partial charge in [-0.25, -0.2) is 0 Å². The van der Waals surface area contributed by atoms with Crippen LogP contribution in [0.3, 0.4) is 0 Å². The van der Waals surface area contributed by atoms with Gasteiger partial charge in [0.1, 0.15) is 12.4 Å². The maximum absolute atomic E-state index is 5.92. The number of hydrogen-bond acceptors (Lipinski definition) is 3. The molecule has 0 amide bonds. The molecule has 116 valence electrons. The first kappa shape index (κ1) is 17.6. The number of nitrogens with zero attached hydrogens (tertiary/aromatic N) is 1. The molecule has 1 N–H and O–H groups in total. The Hall–Kier alpha value is -1.50. The Morgan fingerprint density at radius 2 is 2.10 bits per heavy atom. The second kappa shape index (κ2) is 10.3. The van der Waals surface area contributed by atoms with Gasteiger partial charge in [0.2, 0.25) is 0 Å². The van der Waals surface area contributed by atoms with Crippen molar-refractivity contribution in [3.63, 3.8) is 0 Å². The second-order valence-electron chi connectivity index (χ2n) is 5.55. The van der Waals surface area contributed by atoms with Crippen LogP contribution < -0.4 is 10.1 Å². The zero-order valence-corrected chi connectivity index (χ0v) is 13.6. The molecule has 0 atom stereocenters. The lowest BCUT2D eigenvalue weighted by atomic mass is 10.2. The normalized spacial score (nSPS) is 10.9. The van der Waals surface area contributed by atoms with Crippen molar-refractivity contribution >= 4 is 0 Å². The van der Waals surface area contributed by atoms with Crippen LogP contribution in [0.1, 0.15) is 26.3 Å². The molecular formula is C18H28N2O. The van der Waals surface area contributed by atoms with E-state index in [-0.39, 0.29) is 0 Å². The van der Waals surface area contributed by atoms with E-state index in [1.54, 1.807) is 0 Å². The van der Waals surface area contributed by atoms with Crippen molar-refractivity contribution in [2.45, 2.75) is 27.3 Å². The van der Waals surface area contributed by atoms with Gasteiger partial charge < -0.3 is 10.1 Å². The molecule has 0 unspecified atom stereocenters. The molecular weight excluding hydrogens is 260 g/mol. The van der Waals surface area contributed by atoms with Crippen molar-refractivity contribution in [1.29, 1.82) is 0 Å². The molecule has 0 saturated heterocycles. The van der Waals surface area contributed by atoms with Gasteiger partial charge in [-0.1, -0.05) is 44.9 Å². The van der Waals surface area contributed by atoms with Crippen LogP contribution in [0.5, 0.6) is 5.75 Å². The van der Waals surface area contributed by atoms with Crippen LogP contribution in [0, 0.1) is 18.3 Å². The maximum Gasteiger partial charge on any atom is 0.123 e. The van der Waals surface area contributed by atoms with E-state index in [1.807, 2.05) is 12.1 Å². The number of hydrogen-bond donors (Lipinski definition) is 1. The topological polar surface area (TPSA) is 24.5 Å². The maximum atomic E-state index is 5.92. The lowest BCUT2D eigenvalue weighted by molar-refractivity contribution is 0.230. The summed E-state index contributed by atoms with van der Waals surface area (Å²) in [6.07, 6.45) is 5.35. The Morgan fingerprint density at radius 3 is 2.76 bits per heavy atom. The fourth-order valence-electron chi connectivity index (χ4n) is 2.05. The molecule has 0 aliphatic rings. The van der Waals surface area contributed by atoms with Crippen LogP contribution in [0.2, 0.25) is 0 Å². The minimum absolute atomic E-state index is 0.653. The fourth-order valence-corrected chi connectivity index (χ4v) is 2.05. The van der Waals surface area contributed by atoms with E-state index in [1.165, 1.54) is 5.56 Å². The molecule has 0 radical (unpaired) electrons. The Kier molecular flexibility index (Phi) is 8.57. The van der Waals surface area contributed by atoms with Gasteiger partial charge in [0.05, 0.1) is 6.54 Å². The molecule has 3 nitrogen and oxygen atoms in total. The van der Waals surface area contributed by atoms with E-state index in [0.717, 1.165) is 31.9 Å². The summed E-state index contributed by atoms with van der Waals surface area (Å²) >= 11 is 0. The first-order valence-electron chi connectivity index (χ1n) is 7.74. The summed E-state index contributed by atoms with van der Waals surface area (Å²) in [6, 6.07) is 8.21. The molecule has 0 heterocycles. The Morgan fingerprint density at radius 1 is 1.33 bits per heavy atom. The lowest BCUT2D eigenvalue weighted by Crippen LogP contribution is -2.28. The van der Waals surface area contributed by atoms with Crippen LogP contribution in [0.25, 0.3) is 0 Å². The van der Waals surface area contributed by atoms with Crippen LogP contribution in [-0.2, 0) is 6.54 Å². The van der Waals surface area contributed by atoms with Crippen molar-refractivity contribution in [2.24, 2.45) is 5.92 Å². The number of benzene rings is 1. The molecule has 0 aromatic heterocycles. The summed E-state index contributed by atoms with van der Waals surface area (Å²) in [5, 5.41) is 3.46. The molecule has 3 heteroatoms. The molecule has 0 aliphatic heterocycles. The molecule has 1 aromatic carbocycles. The first-order valence-corrected chi connectivity index (χ1v) is 7.74. The second-order valence-corrected chi connectivity index (χ2v) is 5.55. The Bertz CT molecular complexity index is 437. The molecule has 21 heavy (non-hydrogen) atoms. The van der Waals surface area contributed by atoms with E-state index in [0.29, 0.717) is 19.1 Å². The number of likely N-dealkylation sites (N-methyl/N-ethyl adjacent to an activating group) is 1. The van der Waals surface area contributed by atoms with E-state index in [9.17, 15) is 0 Å². The summed E-state index contributed by atoms with van der Waals surface area (Å²) in [5.74, 6) is 4.29. The molecule has 1 rings (SSSR count). The van der Waals surface area contributed by atoms with Crippen LogP contribution in [0.15, 0.2) is 24.3 Å². The number of para-hydroxylation sites is 1. The molecule has 0 aliphatic carbocycles. The highest BCUT2D eigenvalue weighted by Gasteiger charge is 2.05. The summed E-state index contributed by atoms with van der Waals surface area (Å²) in [4.78, 5) is 2.19. The third-order valence-electron chi connectivity index (χ3n) is 3.27. The zero-order valence-electron chi connectivity index (χ0n) is 13.6. The number of rotatable bonds is 10. The average molecular weight is 288 g/mol. The summed E-state index contributed by atoms with van der Waals surface area (Å²) in [5.41, 5.74) is 1.21. The van der Waals surface area contributed by atoms with E-state index >= 15 is 0 Å². The molecule has 1 aromatic rings.